The molecule has 3 aromatic carbocycles. The minimum Gasteiger partial charge on any atom is -0.497 e. The van der Waals surface area contributed by atoms with E-state index in [1.165, 1.54) is 12.1 Å². The maximum absolute atomic E-state index is 12.1. The van der Waals surface area contributed by atoms with E-state index in [9.17, 15) is 9.59 Å². The molecule has 0 radical (unpaired) electrons. The molecule has 0 spiro atoms. The standard InChI is InChI=1S/C23H20O6/c1-26-19-11-13-20(14-12-19)27-16-22(24)29-21-9-7-18(8-10-21)23(25)28-15-17-5-3-2-4-6-17/h2-14H,15-16H2,1H3. The summed E-state index contributed by atoms with van der Waals surface area (Å²) in [6, 6.07) is 22.4. The van der Waals surface area contributed by atoms with Gasteiger partial charge in [0.05, 0.1) is 12.7 Å². The summed E-state index contributed by atoms with van der Waals surface area (Å²) in [5, 5.41) is 0. The van der Waals surface area contributed by atoms with Crippen LogP contribution in [-0.4, -0.2) is 25.7 Å². The molecule has 0 saturated carbocycles. The number of carbonyl (C=O) groups excluding carboxylic acids is 2. The molecule has 3 aromatic rings. The van der Waals surface area contributed by atoms with Gasteiger partial charge in [-0.2, -0.15) is 0 Å². The molecule has 0 heterocycles. The van der Waals surface area contributed by atoms with Crippen molar-refractivity contribution >= 4 is 11.9 Å². The molecule has 0 fully saturated rings. The zero-order chi connectivity index (χ0) is 20.5. The third kappa shape index (κ3) is 6.10. The van der Waals surface area contributed by atoms with Crippen molar-refractivity contribution in [1.82, 2.24) is 0 Å². The molecule has 6 nitrogen and oxygen atoms in total. The highest BCUT2D eigenvalue weighted by Gasteiger charge is 2.10. The highest BCUT2D eigenvalue weighted by molar-refractivity contribution is 5.89. The van der Waals surface area contributed by atoms with Crippen molar-refractivity contribution in [3.8, 4) is 17.2 Å². The Labute approximate surface area is 168 Å². The molecule has 6 heteroatoms. The number of ether oxygens (including phenoxy) is 4. The third-order valence-electron chi connectivity index (χ3n) is 3.95. The van der Waals surface area contributed by atoms with Gasteiger partial charge in [-0.3, -0.25) is 0 Å². The Kier molecular flexibility index (Phi) is 6.84. The second kappa shape index (κ2) is 9.94. The SMILES string of the molecule is COc1ccc(OCC(=O)Oc2ccc(C(=O)OCc3ccccc3)cc2)cc1. The minimum absolute atomic E-state index is 0.194. The Hall–Kier alpha value is -3.80. The molecule has 29 heavy (non-hydrogen) atoms. The fraction of sp³-hybridized carbons (Fsp3) is 0.130. The third-order valence-corrected chi connectivity index (χ3v) is 3.95. The van der Waals surface area contributed by atoms with Gasteiger partial charge in [-0.1, -0.05) is 30.3 Å². The molecule has 3 rings (SSSR count). The Morgan fingerprint density at radius 2 is 1.38 bits per heavy atom. The van der Waals surface area contributed by atoms with Crippen LogP contribution in [0, 0.1) is 0 Å². The van der Waals surface area contributed by atoms with Crippen molar-refractivity contribution < 1.29 is 28.5 Å². The van der Waals surface area contributed by atoms with Gasteiger partial charge < -0.3 is 18.9 Å². The number of benzene rings is 3. The van der Waals surface area contributed by atoms with E-state index in [0.29, 0.717) is 22.8 Å². The Bertz CT molecular complexity index is 933. The van der Waals surface area contributed by atoms with Crippen LogP contribution in [0.2, 0.25) is 0 Å². The molecule has 0 aliphatic heterocycles. The fourth-order valence-corrected chi connectivity index (χ4v) is 2.44. The monoisotopic (exact) mass is 392 g/mol. The van der Waals surface area contributed by atoms with Gasteiger partial charge in [0.25, 0.3) is 0 Å². The van der Waals surface area contributed by atoms with Gasteiger partial charge in [0.1, 0.15) is 23.9 Å². The number of carbonyl (C=O) groups is 2. The largest absolute Gasteiger partial charge is 0.497 e. The summed E-state index contributed by atoms with van der Waals surface area (Å²) in [7, 11) is 1.57. The lowest BCUT2D eigenvalue weighted by Gasteiger charge is -2.08. The summed E-state index contributed by atoms with van der Waals surface area (Å²) in [5.74, 6) is 0.532. The molecule has 0 N–H and O–H groups in total. The molecule has 0 aliphatic carbocycles. The molecule has 0 bridgehead atoms. The van der Waals surface area contributed by atoms with Gasteiger partial charge in [0.2, 0.25) is 0 Å². The highest BCUT2D eigenvalue weighted by Crippen LogP contribution is 2.18. The summed E-state index contributed by atoms with van der Waals surface area (Å²) in [5.41, 5.74) is 1.28. The van der Waals surface area contributed by atoms with Crippen LogP contribution in [0.5, 0.6) is 17.2 Å². The van der Waals surface area contributed by atoms with Crippen molar-refractivity contribution in [3.63, 3.8) is 0 Å². The zero-order valence-electron chi connectivity index (χ0n) is 15.9. The van der Waals surface area contributed by atoms with Crippen LogP contribution in [-0.2, 0) is 16.1 Å². The topological polar surface area (TPSA) is 71.1 Å². The van der Waals surface area contributed by atoms with Crippen LogP contribution in [0.1, 0.15) is 15.9 Å². The van der Waals surface area contributed by atoms with Crippen molar-refractivity contribution in [2.24, 2.45) is 0 Å². The molecule has 0 aliphatic rings. The lowest BCUT2D eigenvalue weighted by molar-refractivity contribution is -0.136. The van der Waals surface area contributed by atoms with Crippen molar-refractivity contribution in [1.29, 1.82) is 0 Å². The first kappa shape index (κ1) is 19.9. The predicted molar refractivity (Wildman–Crippen MR) is 106 cm³/mol. The average Bonchev–Trinajstić information content (AvgIpc) is 2.77. The molecular weight excluding hydrogens is 372 g/mol. The van der Waals surface area contributed by atoms with Crippen LogP contribution >= 0.6 is 0 Å². The molecule has 0 aromatic heterocycles. The van der Waals surface area contributed by atoms with E-state index in [4.69, 9.17) is 18.9 Å². The van der Waals surface area contributed by atoms with E-state index in [-0.39, 0.29) is 13.2 Å². The van der Waals surface area contributed by atoms with Gasteiger partial charge >= 0.3 is 11.9 Å². The first-order chi connectivity index (χ1) is 14.1. The van der Waals surface area contributed by atoms with E-state index < -0.39 is 11.9 Å². The van der Waals surface area contributed by atoms with E-state index >= 15 is 0 Å². The smallest absolute Gasteiger partial charge is 0.349 e. The van der Waals surface area contributed by atoms with Gasteiger partial charge in [-0.15, -0.1) is 0 Å². The quantitative estimate of drug-likeness (QED) is 0.426. The van der Waals surface area contributed by atoms with E-state index in [2.05, 4.69) is 0 Å². The second-order valence-electron chi connectivity index (χ2n) is 6.02. The number of esters is 2. The zero-order valence-corrected chi connectivity index (χ0v) is 15.9. The second-order valence-corrected chi connectivity index (χ2v) is 6.02. The number of hydrogen-bond acceptors (Lipinski definition) is 6. The average molecular weight is 392 g/mol. The lowest BCUT2D eigenvalue weighted by Crippen LogP contribution is -2.17. The normalized spacial score (nSPS) is 10.1. The molecule has 0 amide bonds. The van der Waals surface area contributed by atoms with Crippen molar-refractivity contribution in [3.05, 3.63) is 90.0 Å². The summed E-state index contributed by atoms with van der Waals surface area (Å²) in [6.45, 7) is -0.0493. The van der Waals surface area contributed by atoms with Crippen molar-refractivity contribution in [2.75, 3.05) is 13.7 Å². The number of rotatable bonds is 8. The first-order valence-electron chi connectivity index (χ1n) is 8.92. The van der Waals surface area contributed by atoms with Gasteiger partial charge in [-0.25, -0.2) is 9.59 Å². The van der Waals surface area contributed by atoms with Gasteiger partial charge in [0.15, 0.2) is 6.61 Å². The molecule has 148 valence electrons. The molecular formula is C23H20O6. The van der Waals surface area contributed by atoms with Crippen LogP contribution in [0.3, 0.4) is 0 Å². The van der Waals surface area contributed by atoms with Gasteiger partial charge in [-0.05, 0) is 54.1 Å². The Balaban J connectivity index is 1.46. The van der Waals surface area contributed by atoms with Crippen molar-refractivity contribution in [2.45, 2.75) is 6.61 Å². The lowest BCUT2D eigenvalue weighted by atomic mass is 10.2. The molecule has 0 unspecified atom stereocenters. The first-order valence-corrected chi connectivity index (χ1v) is 8.92. The van der Waals surface area contributed by atoms with Crippen LogP contribution in [0.25, 0.3) is 0 Å². The Morgan fingerprint density at radius 1 is 0.759 bits per heavy atom. The van der Waals surface area contributed by atoms with E-state index in [1.807, 2.05) is 30.3 Å². The minimum atomic E-state index is -0.555. The summed E-state index contributed by atoms with van der Waals surface area (Å²) in [6.07, 6.45) is 0. The van der Waals surface area contributed by atoms with E-state index in [0.717, 1.165) is 5.56 Å². The number of hydrogen-bond donors (Lipinski definition) is 0. The van der Waals surface area contributed by atoms with Gasteiger partial charge in [0, 0.05) is 0 Å². The highest BCUT2D eigenvalue weighted by atomic mass is 16.6. The molecule has 0 atom stereocenters. The maximum Gasteiger partial charge on any atom is 0.349 e. The predicted octanol–water partition coefficient (Wildman–Crippen LogP) is 4.04. The summed E-state index contributed by atoms with van der Waals surface area (Å²) < 4.78 is 20.9. The fourth-order valence-electron chi connectivity index (χ4n) is 2.44. The van der Waals surface area contributed by atoms with E-state index in [1.54, 1.807) is 43.5 Å². The number of methoxy groups -OCH3 is 1. The van der Waals surface area contributed by atoms with Crippen LogP contribution in [0.4, 0.5) is 0 Å². The van der Waals surface area contributed by atoms with Crippen LogP contribution < -0.4 is 14.2 Å². The Morgan fingerprint density at radius 3 is 2.03 bits per heavy atom. The summed E-state index contributed by atoms with van der Waals surface area (Å²) >= 11 is 0. The summed E-state index contributed by atoms with van der Waals surface area (Å²) in [4.78, 5) is 24.0. The maximum atomic E-state index is 12.1. The molecule has 0 saturated heterocycles. The van der Waals surface area contributed by atoms with Crippen LogP contribution in [0.15, 0.2) is 78.9 Å².